The Hall–Kier alpha value is -1.11. The van der Waals surface area contributed by atoms with E-state index in [1.165, 1.54) is 18.4 Å². The molecular weight excluding hydrogens is 220 g/mol. The monoisotopic (exact) mass is 244 g/mol. The number of hydrogen-bond acceptors (Lipinski definition) is 1. The van der Waals surface area contributed by atoms with Crippen LogP contribution in [0.3, 0.4) is 0 Å². The second-order valence-corrected chi connectivity index (χ2v) is 6.63. The summed E-state index contributed by atoms with van der Waals surface area (Å²) in [5, 5.41) is 0. The molecule has 0 saturated heterocycles. The van der Waals surface area contributed by atoms with Crippen molar-refractivity contribution in [3.05, 3.63) is 34.9 Å². The molecule has 0 N–H and O–H groups in total. The summed E-state index contributed by atoms with van der Waals surface area (Å²) in [4.78, 5) is 12.5. The minimum Gasteiger partial charge on any atom is -0.294 e. The molecule has 0 amide bonds. The van der Waals surface area contributed by atoms with Crippen LogP contribution < -0.4 is 0 Å². The lowest BCUT2D eigenvalue weighted by atomic mass is 9.83. The maximum Gasteiger partial charge on any atom is 0.166 e. The van der Waals surface area contributed by atoms with Crippen molar-refractivity contribution in [1.82, 2.24) is 0 Å². The third-order valence-electron chi connectivity index (χ3n) is 4.10. The Morgan fingerprint density at radius 3 is 2.33 bits per heavy atom. The van der Waals surface area contributed by atoms with Gasteiger partial charge in [0.1, 0.15) is 0 Å². The number of hydrogen-bond donors (Lipinski definition) is 0. The Bertz CT molecular complexity index is 445. The first-order valence-corrected chi connectivity index (χ1v) is 7.05. The maximum absolute atomic E-state index is 12.5. The first-order chi connectivity index (χ1) is 8.39. The molecule has 1 aromatic carbocycles. The molecule has 18 heavy (non-hydrogen) atoms. The zero-order valence-corrected chi connectivity index (χ0v) is 12.0. The lowest BCUT2D eigenvalue weighted by Gasteiger charge is -2.21. The summed E-state index contributed by atoms with van der Waals surface area (Å²) in [5.41, 5.74) is 3.45. The van der Waals surface area contributed by atoms with Crippen molar-refractivity contribution in [3.63, 3.8) is 0 Å². The Morgan fingerprint density at radius 2 is 1.78 bits per heavy atom. The normalized spacial score (nSPS) is 17.1. The van der Waals surface area contributed by atoms with Crippen LogP contribution in [-0.2, 0) is 5.41 Å². The molecule has 1 saturated carbocycles. The molecule has 0 radical (unpaired) electrons. The largest absolute Gasteiger partial charge is 0.294 e. The summed E-state index contributed by atoms with van der Waals surface area (Å²) in [6.45, 7) is 8.64. The molecule has 0 spiro atoms. The van der Waals surface area contributed by atoms with Crippen molar-refractivity contribution in [2.24, 2.45) is 5.92 Å². The number of benzene rings is 1. The van der Waals surface area contributed by atoms with E-state index in [0.29, 0.717) is 5.78 Å². The Balaban J connectivity index is 2.34. The van der Waals surface area contributed by atoms with Crippen LogP contribution in [0.15, 0.2) is 18.2 Å². The maximum atomic E-state index is 12.5. The molecule has 0 aliphatic heterocycles. The summed E-state index contributed by atoms with van der Waals surface area (Å²) in [7, 11) is 0. The molecule has 0 heterocycles. The lowest BCUT2D eigenvalue weighted by Crippen LogP contribution is -2.16. The van der Waals surface area contributed by atoms with Crippen LogP contribution in [0.4, 0.5) is 0 Å². The van der Waals surface area contributed by atoms with Crippen LogP contribution in [0.1, 0.15) is 67.9 Å². The highest BCUT2D eigenvalue weighted by atomic mass is 16.1. The topological polar surface area (TPSA) is 17.1 Å². The minimum absolute atomic E-state index is 0.110. The molecule has 2 rings (SSSR count). The van der Waals surface area contributed by atoms with Crippen LogP contribution in [-0.4, -0.2) is 5.78 Å². The number of ketones is 1. The molecule has 0 aromatic heterocycles. The van der Waals surface area contributed by atoms with E-state index in [1.54, 1.807) is 0 Å². The quantitative estimate of drug-likeness (QED) is 0.691. The second kappa shape index (κ2) is 4.87. The van der Waals surface area contributed by atoms with Crippen LogP contribution in [0.25, 0.3) is 0 Å². The van der Waals surface area contributed by atoms with Gasteiger partial charge in [-0.25, -0.2) is 0 Å². The van der Waals surface area contributed by atoms with Crippen LogP contribution in [0.2, 0.25) is 0 Å². The van der Waals surface area contributed by atoms with E-state index in [2.05, 4.69) is 45.9 Å². The van der Waals surface area contributed by atoms with Gasteiger partial charge in [-0.15, -0.1) is 0 Å². The molecule has 1 nitrogen and oxygen atoms in total. The SMILES string of the molecule is Cc1ccc(C(C)(C)C)cc1C(=O)C1CCCC1. The predicted octanol–water partition coefficient (Wildman–Crippen LogP) is 4.67. The molecule has 98 valence electrons. The van der Waals surface area contributed by atoms with Gasteiger partial charge in [-0.05, 0) is 42.4 Å². The van der Waals surface area contributed by atoms with Crippen molar-refractivity contribution < 1.29 is 4.79 Å². The fourth-order valence-corrected chi connectivity index (χ4v) is 2.76. The first-order valence-electron chi connectivity index (χ1n) is 7.05. The van der Waals surface area contributed by atoms with E-state index in [-0.39, 0.29) is 11.3 Å². The van der Waals surface area contributed by atoms with Gasteiger partial charge in [-0.1, -0.05) is 45.7 Å². The number of carbonyl (C=O) groups excluding carboxylic acids is 1. The van der Waals surface area contributed by atoms with Gasteiger partial charge in [0.2, 0.25) is 0 Å². The average molecular weight is 244 g/mol. The zero-order valence-electron chi connectivity index (χ0n) is 12.0. The van der Waals surface area contributed by atoms with Crippen molar-refractivity contribution in [1.29, 1.82) is 0 Å². The summed E-state index contributed by atoms with van der Waals surface area (Å²) >= 11 is 0. The van der Waals surface area contributed by atoms with Gasteiger partial charge in [0, 0.05) is 11.5 Å². The number of carbonyl (C=O) groups is 1. The van der Waals surface area contributed by atoms with Crippen LogP contribution in [0.5, 0.6) is 0 Å². The zero-order chi connectivity index (χ0) is 13.3. The first kappa shape index (κ1) is 13.3. The van der Waals surface area contributed by atoms with Crippen molar-refractivity contribution in [2.45, 2.75) is 58.8 Å². The van der Waals surface area contributed by atoms with E-state index in [4.69, 9.17) is 0 Å². The van der Waals surface area contributed by atoms with E-state index in [1.807, 2.05) is 0 Å². The number of Topliss-reactive ketones (excluding diaryl/α,β-unsaturated/α-hetero) is 1. The van der Waals surface area contributed by atoms with Gasteiger partial charge in [0.05, 0.1) is 0 Å². The molecule has 1 heteroatoms. The van der Waals surface area contributed by atoms with E-state index in [9.17, 15) is 4.79 Å². The average Bonchev–Trinajstić information content (AvgIpc) is 2.80. The molecule has 1 aromatic rings. The fraction of sp³-hybridized carbons (Fsp3) is 0.588. The van der Waals surface area contributed by atoms with Crippen molar-refractivity contribution in [3.8, 4) is 0 Å². The molecule has 1 aliphatic rings. The summed E-state index contributed by atoms with van der Waals surface area (Å²) in [6.07, 6.45) is 4.60. The van der Waals surface area contributed by atoms with Gasteiger partial charge in [-0.3, -0.25) is 4.79 Å². The Kier molecular flexibility index (Phi) is 3.61. The molecular formula is C17H24O. The van der Waals surface area contributed by atoms with Gasteiger partial charge in [-0.2, -0.15) is 0 Å². The smallest absolute Gasteiger partial charge is 0.166 e. The molecule has 0 bridgehead atoms. The highest BCUT2D eigenvalue weighted by Crippen LogP contribution is 2.31. The highest BCUT2D eigenvalue weighted by Gasteiger charge is 2.26. The Morgan fingerprint density at radius 1 is 1.17 bits per heavy atom. The molecule has 1 aliphatic carbocycles. The lowest BCUT2D eigenvalue weighted by molar-refractivity contribution is 0.0922. The minimum atomic E-state index is 0.110. The summed E-state index contributed by atoms with van der Waals surface area (Å²) in [6, 6.07) is 6.37. The molecule has 1 fully saturated rings. The fourth-order valence-electron chi connectivity index (χ4n) is 2.76. The van der Waals surface area contributed by atoms with Crippen molar-refractivity contribution in [2.75, 3.05) is 0 Å². The highest BCUT2D eigenvalue weighted by molar-refractivity contribution is 5.99. The van der Waals surface area contributed by atoms with E-state index in [0.717, 1.165) is 24.0 Å². The number of rotatable bonds is 2. The standard InChI is InChI=1S/C17H24O/c1-12-9-10-14(17(2,3)4)11-15(12)16(18)13-7-5-6-8-13/h9-11,13H,5-8H2,1-4H3. The van der Waals surface area contributed by atoms with E-state index < -0.39 is 0 Å². The van der Waals surface area contributed by atoms with Crippen LogP contribution in [0, 0.1) is 12.8 Å². The third-order valence-corrected chi connectivity index (χ3v) is 4.10. The van der Waals surface area contributed by atoms with Crippen molar-refractivity contribution >= 4 is 5.78 Å². The summed E-state index contributed by atoms with van der Waals surface area (Å²) in [5.74, 6) is 0.648. The van der Waals surface area contributed by atoms with Gasteiger partial charge >= 0.3 is 0 Å². The molecule has 0 unspecified atom stereocenters. The van der Waals surface area contributed by atoms with E-state index >= 15 is 0 Å². The molecule has 0 atom stereocenters. The van der Waals surface area contributed by atoms with Gasteiger partial charge < -0.3 is 0 Å². The van der Waals surface area contributed by atoms with Gasteiger partial charge in [0.25, 0.3) is 0 Å². The number of aryl methyl sites for hydroxylation is 1. The third kappa shape index (κ3) is 2.66. The van der Waals surface area contributed by atoms with Gasteiger partial charge in [0.15, 0.2) is 5.78 Å². The summed E-state index contributed by atoms with van der Waals surface area (Å²) < 4.78 is 0. The Labute approximate surface area is 111 Å². The second-order valence-electron chi connectivity index (χ2n) is 6.63. The van der Waals surface area contributed by atoms with Crippen LogP contribution >= 0.6 is 0 Å². The predicted molar refractivity (Wildman–Crippen MR) is 76.2 cm³/mol.